The zero-order valence-corrected chi connectivity index (χ0v) is 12.2. The molecule has 0 aliphatic rings. The highest BCUT2D eigenvalue weighted by Crippen LogP contribution is 2.18. The number of thiophene rings is 1. The highest BCUT2D eigenvalue weighted by molar-refractivity contribution is 7.08. The normalized spacial score (nSPS) is 12.3. The Balaban J connectivity index is 1.75. The molecule has 2 aromatic heterocycles. The van der Waals surface area contributed by atoms with Gasteiger partial charge in [0.1, 0.15) is 0 Å². The van der Waals surface area contributed by atoms with Crippen LogP contribution in [-0.2, 0) is 11.2 Å². The zero-order chi connectivity index (χ0) is 14.4. The van der Waals surface area contributed by atoms with Gasteiger partial charge in [-0.1, -0.05) is 5.16 Å². The summed E-state index contributed by atoms with van der Waals surface area (Å²) in [5, 5.41) is 10.6. The van der Waals surface area contributed by atoms with Crippen molar-refractivity contribution in [2.24, 2.45) is 5.73 Å². The Kier molecular flexibility index (Phi) is 5.25. The van der Waals surface area contributed by atoms with E-state index in [9.17, 15) is 4.79 Å². The summed E-state index contributed by atoms with van der Waals surface area (Å²) in [5.74, 6) is 1.02. The lowest BCUT2D eigenvalue weighted by atomic mass is 10.2. The van der Waals surface area contributed by atoms with Crippen LogP contribution < -0.4 is 11.1 Å². The average Bonchev–Trinajstić information content (AvgIpc) is 3.06. The van der Waals surface area contributed by atoms with Crippen molar-refractivity contribution in [2.45, 2.75) is 32.2 Å². The largest absolute Gasteiger partial charge is 0.356 e. The Morgan fingerprint density at radius 3 is 3.15 bits per heavy atom. The fourth-order valence-corrected chi connectivity index (χ4v) is 2.25. The van der Waals surface area contributed by atoms with Crippen molar-refractivity contribution in [3.8, 4) is 11.4 Å². The molecule has 20 heavy (non-hydrogen) atoms. The molecule has 108 valence electrons. The molecule has 0 saturated heterocycles. The number of nitrogens with zero attached hydrogens (tertiary/aromatic N) is 2. The molecule has 1 amide bonds. The van der Waals surface area contributed by atoms with Gasteiger partial charge in [-0.05, 0) is 24.8 Å². The molecule has 1 atom stereocenters. The van der Waals surface area contributed by atoms with E-state index in [0.29, 0.717) is 31.1 Å². The van der Waals surface area contributed by atoms with E-state index >= 15 is 0 Å². The van der Waals surface area contributed by atoms with Gasteiger partial charge in [0.05, 0.1) is 0 Å². The van der Waals surface area contributed by atoms with Crippen molar-refractivity contribution in [1.29, 1.82) is 0 Å². The van der Waals surface area contributed by atoms with E-state index in [0.717, 1.165) is 12.0 Å². The maximum atomic E-state index is 11.6. The van der Waals surface area contributed by atoms with Crippen LogP contribution in [0.3, 0.4) is 0 Å². The Labute approximate surface area is 121 Å². The summed E-state index contributed by atoms with van der Waals surface area (Å²) in [6, 6.07) is 2.03. The van der Waals surface area contributed by atoms with Crippen molar-refractivity contribution < 1.29 is 9.32 Å². The van der Waals surface area contributed by atoms with E-state index in [4.69, 9.17) is 10.3 Å². The van der Waals surface area contributed by atoms with E-state index in [1.165, 1.54) is 0 Å². The van der Waals surface area contributed by atoms with E-state index < -0.39 is 0 Å². The summed E-state index contributed by atoms with van der Waals surface area (Å²) in [5.41, 5.74) is 6.55. The highest BCUT2D eigenvalue weighted by atomic mass is 32.1. The molecule has 1 unspecified atom stereocenters. The minimum Gasteiger partial charge on any atom is -0.356 e. The number of nitrogens with one attached hydrogen (secondary N) is 1. The van der Waals surface area contributed by atoms with Crippen LogP contribution in [0.15, 0.2) is 21.3 Å². The predicted molar refractivity (Wildman–Crippen MR) is 77.2 cm³/mol. The van der Waals surface area contributed by atoms with Crippen molar-refractivity contribution >= 4 is 17.2 Å². The maximum Gasteiger partial charge on any atom is 0.227 e. The predicted octanol–water partition coefficient (Wildman–Crippen LogP) is 1.58. The minimum absolute atomic E-state index is 0.0269. The molecule has 2 heterocycles. The monoisotopic (exact) mass is 294 g/mol. The van der Waals surface area contributed by atoms with Crippen LogP contribution in [0.1, 0.15) is 25.7 Å². The van der Waals surface area contributed by atoms with Crippen molar-refractivity contribution in [3.63, 3.8) is 0 Å². The van der Waals surface area contributed by atoms with Crippen molar-refractivity contribution in [1.82, 2.24) is 15.5 Å². The van der Waals surface area contributed by atoms with Gasteiger partial charge in [0.25, 0.3) is 0 Å². The molecule has 0 aliphatic carbocycles. The SMILES string of the molecule is CC(N)CCNC(=O)CCc1nc(-c2ccsc2)no1. The first-order valence-corrected chi connectivity index (χ1v) is 7.47. The Morgan fingerprint density at radius 2 is 2.45 bits per heavy atom. The maximum absolute atomic E-state index is 11.6. The number of aryl methyl sites for hydroxylation is 1. The van der Waals surface area contributed by atoms with Crippen LogP contribution in [0.2, 0.25) is 0 Å². The fraction of sp³-hybridized carbons (Fsp3) is 0.462. The number of hydrogen-bond donors (Lipinski definition) is 2. The quantitative estimate of drug-likeness (QED) is 0.808. The number of rotatable bonds is 7. The molecule has 0 fully saturated rings. The molecule has 0 saturated carbocycles. The molecule has 0 aromatic carbocycles. The molecule has 0 radical (unpaired) electrons. The summed E-state index contributed by atoms with van der Waals surface area (Å²) < 4.78 is 5.13. The van der Waals surface area contributed by atoms with Gasteiger partial charge in [0.15, 0.2) is 0 Å². The van der Waals surface area contributed by atoms with E-state index in [1.54, 1.807) is 11.3 Å². The number of carbonyl (C=O) groups is 1. The second kappa shape index (κ2) is 7.16. The number of amides is 1. The summed E-state index contributed by atoms with van der Waals surface area (Å²) in [7, 11) is 0. The van der Waals surface area contributed by atoms with Gasteiger partial charge in [-0.3, -0.25) is 4.79 Å². The second-order valence-electron chi connectivity index (χ2n) is 4.64. The molecule has 0 spiro atoms. The van der Waals surface area contributed by atoms with E-state index in [-0.39, 0.29) is 11.9 Å². The fourth-order valence-electron chi connectivity index (χ4n) is 1.61. The summed E-state index contributed by atoms with van der Waals surface area (Å²) in [6.07, 6.45) is 1.56. The van der Waals surface area contributed by atoms with Crippen LogP contribution in [0.25, 0.3) is 11.4 Å². The van der Waals surface area contributed by atoms with Gasteiger partial charge in [0.2, 0.25) is 17.6 Å². The minimum atomic E-state index is -0.0269. The first-order valence-electron chi connectivity index (χ1n) is 6.52. The molecule has 0 aliphatic heterocycles. The molecule has 7 heteroatoms. The van der Waals surface area contributed by atoms with Crippen molar-refractivity contribution in [2.75, 3.05) is 6.54 Å². The van der Waals surface area contributed by atoms with Gasteiger partial charge in [-0.2, -0.15) is 16.3 Å². The smallest absolute Gasteiger partial charge is 0.227 e. The third-order valence-electron chi connectivity index (χ3n) is 2.74. The van der Waals surface area contributed by atoms with Crippen LogP contribution in [0, 0.1) is 0 Å². The summed E-state index contributed by atoms with van der Waals surface area (Å²) in [4.78, 5) is 15.9. The first-order chi connectivity index (χ1) is 9.65. The van der Waals surface area contributed by atoms with Gasteiger partial charge in [-0.15, -0.1) is 0 Å². The number of aromatic nitrogens is 2. The lowest BCUT2D eigenvalue weighted by Gasteiger charge is -2.06. The van der Waals surface area contributed by atoms with Gasteiger partial charge in [0, 0.05) is 36.4 Å². The second-order valence-corrected chi connectivity index (χ2v) is 5.42. The van der Waals surface area contributed by atoms with Crippen molar-refractivity contribution in [3.05, 3.63) is 22.7 Å². The third kappa shape index (κ3) is 4.43. The molecule has 2 rings (SSSR count). The number of nitrogens with two attached hydrogens (primary N) is 1. The molecule has 2 aromatic rings. The Morgan fingerprint density at radius 1 is 1.60 bits per heavy atom. The molecular formula is C13H18N4O2S. The summed E-state index contributed by atoms with van der Waals surface area (Å²) in [6.45, 7) is 2.51. The Hall–Kier alpha value is -1.73. The van der Waals surface area contributed by atoms with Crippen LogP contribution >= 0.6 is 11.3 Å². The lowest BCUT2D eigenvalue weighted by Crippen LogP contribution is -2.29. The highest BCUT2D eigenvalue weighted by Gasteiger charge is 2.10. The van der Waals surface area contributed by atoms with Gasteiger partial charge < -0.3 is 15.6 Å². The van der Waals surface area contributed by atoms with Gasteiger partial charge >= 0.3 is 0 Å². The van der Waals surface area contributed by atoms with Gasteiger partial charge in [-0.25, -0.2) is 0 Å². The topological polar surface area (TPSA) is 94.0 Å². The average molecular weight is 294 g/mol. The molecule has 3 N–H and O–H groups in total. The molecule has 0 bridgehead atoms. The lowest BCUT2D eigenvalue weighted by molar-refractivity contribution is -0.121. The number of hydrogen-bond acceptors (Lipinski definition) is 6. The van der Waals surface area contributed by atoms with Crippen LogP contribution in [-0.4, -0.2) is 28.6 Å². The Bertz CT molecular complexity index is 536. The molecular weight excluding hydrogens is 276 g/mol. The first kappa shape index (κ1) is 14.7. The van der Waals surface area contributed by atoms with E-state index in [2.05, 4.69) is 15.5 Å². The third-order valence-corrected chi connectivity index (χ3v) is 3.42. The standard InChI is InChI=1S/C13H18N4O2S/c1-9(14)4-6-15-11(18)2-3-12-16-13(17-19-12)10-5-7-20-8-10/h5,7-9H,2-4,6,14H2,1H3,(H,15,18). The van der Waals surface area contributed by atoms with E-state index in [1.807, 2.05) is 23.8 Å². The van der Waals surface area contributed by atoms with Crippen LogP contribution in [0.5, 0.6) is 0 Å². The molecule has 6 nitrogen and oxygen atoms in total. The zero-order valence-electron chi connectivity index (χ0n) is 11.3. The number of carbonyl (C=O) groups excluding carboxylic acids is 1. The summed E-state index contributed by atoms with van der Waals surface area (Å²) >= 11 is 1.58. The van der Waals surface area contributed by atoms with Crippen LogP contribution in [0.4, 0.5) is 0 Å².